The molecule has 1 fully saturated rings. The summed E-state index contributed by atoms with van der Waals surface area (Å²) in [5.74, 6) is 1.00. The van der Waals surface area contributed by atoms with Crippen molar-refractivity contribution in [2.45, 2.75) is 57.6 Å². The number of carbonyl (C=O) groups is 2. The van der Waals surface area contributed by atoms with Gasteiger partial charge in [-0.25, -0.2) is 4.98 Å². The number of fused-ring (bicyclic) bond motifs is 3. The fraction of sp³-hybridized carbons (Fsp3) is 0.533. The molecule has 1 unspecified atom stereocenters. The van der Waals surface area contributed by atoms with Gasteiger partial charge in [0.2, 0.25) is 17.6 Å². The van der Waals surface area contributed by atoms with Crippen LogP contribution in [0.5, 0.6) is 5.88 Å². The summed E-state index contributed by atoms with van der Waals surface area (Å²) in [6.07, 6.45) is 6.00. The first kappa shape index (κ1) is 27.1. The minimum Gasteiger partial charge on any atom is -0.466 e. The van der Waals surface area contributed by atoms with Gasteiger partial charge in [-0.15, -0.1) is 0 Å². The average Bonchev–Trinajstić information content (AvgIpc) is 2.91. The summed E-state index contributed by atoms with van der Waals surface area (Å²) in [7, 11) is 3.95. The van der Waals surface area contributed by atoms with Crippen molar-refractivity contribution < 1.29 is 14.3 Å². The Labute approximate surface area is 231 Å². The van der Waals surface area contributed by atoms with E-state index in [9.17, 15) is 9.59 Å². The molecule has 2 atom stereocenters. The quantitative estimate of drug-likeness (QED) is 0.572. The molecule has 1 aliphatic carbocycles. The van der Waals surface area contributed by atoms with E-state index >= 15 is 0 Å². The standard InChI is InChI=1S/C30H40N6O3/c1-6-24(37)35-15-17-36(18-16-35)27-23-12-14-30(13-8-11-22-10-7-9-20(2)25(22)30)39-29(23)33-26(32-27)28(38)31-21(3)19-34(4)5/h6-7,9-10,21H,1,8,11-19H2,2-5H3,(H,31,38)/t21-,30?/m1/s1. The van der Waals surface area contributed by atoms with Crippen LogP contribution in [-0.4, -0.2) is 84.4 Å². The summed E-state index contributed by atoms with van der Waals surface area (Å²) >= 11 is 0. The lowest BCUT2D eigenvalue weighted by Gasteiger charge is -2.44. The summed E-state index contributed by atoms with van der Waals surface area (Å²) in [5.41, 5.74) is 4.37. The van der Waals surface area contributed by atoms with Gasteiger partial charge in [-0.2, -0.15) is 4.98 Å². The normalized spacial score (nSPS) is 21.2. The summed E-state index contributed by atoms with van der Waals surface area (Å²) < 4.78 is 6.89. The van der Waals surface area contributed by atoms with Gasteiger partial charge in [0, 0.05) is 44.3 Å². The first-order chi connectivity index (χ1) is 18.7. The van der Waals surface area contributed by atoms with Crippen LogP contribution in [0.2, 0.25) is 0 Å². The molecule has 5 rings (SSSR count). The van der Waals surface area contributed by atoms with Gasteiger partial charge >= 0.3 is 0 Å². The topological polar surface area (TPSA) is 90.9 Å². The van der Waals surface area contributed by atoms with E-state index in [1.807, 2.05) is 25.9 Å². The van der Waals surface area contributed by atoms with E-state index in [4.69, 9.17) is 14.7 Å². The summed E-state index contributed by atoms with van der Waals surface area (Å²) in [4.78, 5) is 41.1. The van der Waals surface area contributed by atoms with Gasteiger partial charge in [0.15, 0.2) is 0 Å². The van der Waals surface area contributed by atoms with Crippen molar-refractivity contribution in [2.24, 2.45) is 0 Å². The maximum absolute atomic E-state index is 13.4. The van der Waals surface area contributed by atoms with Crippen molar-refractivity contribution >= 4 is 17.6 Å². The number of amides is 2. The van der Waals surface area contributed by atoms with Crippen molar-refractivity contribution in [1.82, 2.24) is 25.1 Å². The number of benzene rings is 1. The molecule has 1 spiro atoms. The average molecular weight is 533 g/mol. The Bertz CT molecular complexity index is 1270. The van der Waals surface area contributed by atoms with Crippen LogP contribution < -0.4 is 15.0 Å². The second-order valence-electron chi connectivity index (χ2n) is 11.4. The largest absolute Gasteiger partial charge is 0.466 e. The number of aromatic nitrogens is 2. The van der Waals surface area contributed by atoms with E-state index in [2.05, 4.69) is 41.9 Å². The van der Waals surface area contributed by atoms with Gasteiger partial charge in [-0.05, 0) is 77.2 Å². The molecule has 0 radical (unpaired) electrons. The van der Waals surface area contributed by atoms with Gasteiger partial charge in [0.25, 0.3) is 5.91 Å². The predicted octanol–water partition coefficient (Wildman–Crippen LogP) is 2.86. The number of anilines is 1. The zero-order chi connectivity index (χ0) is 27.7. The number of rotatable bonds is 6. The highest BCUT2D eigenvalue weighted by Crippen LogP contribution is 2.48. The first-order valence-electron chi connectivity index (χ1n) is 14.0. The molecule has 2 aromatic rings. The number of hydrogen-bond acceptors (Lipinski definition) is 7. The van der Waals surface area contributed by atoms with Crippen LogP contribution in [0.15, 0.2) is 30.9 Å². The van der Waals surface area contributed by atoms with Crippen molar-refractivity contribution in [3.05, 3.63) is 58.9 Å². The van der Waals surface area contributed by atoms with E-state index in [-0.39, 0.29) is 23.7 Å². The molecule has 9 nitrogen and oxygen atoms in total. The molecule has 208 valence electrons. The van der Waals surface area contributed by atoms with Crippen LogP contribution in [0.4, 0.5) is 5.82 Å². The molecule has 1 aromatic carbocycles. The van der Waals surface area contributed by atoms with Crippen molar-refractivity contribution in [3.63, 3.8) is 0 Å². The predicted molar refractivity (Wildman–Crippen MR) is 151 cm³/mol. The molecular weight excluding hydrogens is 492 g/mol. The van der Waals surface area contributed by atoms with Crippen LogP contribution in [0, 0.1) is 6.92 Å². The van der Waals surface area contributed by atoms with Gasteiger partial charge in [0.05, 0.1) is 5.56 Å². The molecule has 3 heterocycles. The number of nitrogens with zero attached hydrogens (tertiary/aromatic N) is 5. The van der Waals surface area contributed by atoms with Crippen LogP contribution >= 0.6 is 0 Å². The number of aryl methyl sites for hydroxylation is 2. The van der Waals surface area contributed by atoms with Gasteiger partial charge < -0.3 is 24.8 Å². The van der Waals surface area contributed by atoms with Gasteiger partial charge in [-0.3, -0.25) is 9.59 Å². The highest BCUT2D eigenvalue weighted by Gasteiger charge is 2.44. The fourth-order valence-corrected chi connectivity index (χ4v) is 6.46. The monoisotopic (exact) mass is 532 g/mol. The van der Waals surface area contributed by atoms with Crippen LogP contribution in [0.25, 0.3) is 0 Å². The Morgan fingerprint density at radius 3 is 2.67 bits per heavy atom. The van der Waals surface area contributed by atoms with Gasteiger partial charge in [0.1, 0.15) is 11.4 Å². The lowest BCUT2D eigenvalue weighted by Crippen LogP contribution is -2.49. The van der Waals surface area contributed by atoms with Crippen molar-refractivity contribution in [3.8, 4) is 5.88 Å². The zero-order valence-electron chi connectivity index (χ0n) is 23.6. The molecule has 3 aliphatic rings. The number of nitrogens with one attached hydrogen (secondary N) is 1. The second kappa shape index (κ2) is 11.0. The summed E-state index contributed by atoms with van der Waals surface area (Å²) in [6.45, 7) is 10.8. The molecule has 39 heavy (non-hydrogen) atoms. The maximum Gasteiger partial charge on any atom is 0.289 e. The third kappa shape index (κ3) is 5.37. The lowest BCUT2D eigenvalue weighted by atomic mass is 9.73. The Balaban J connectivity index is 1.51. The lowest BCUT2D eigenvalue weighted by molar-refractivity contribution is -0.126. The molecule has 1 saturated heterocycles. The molecule has 0 bridgehead atoms. The van der Waals surface area contributed by atoms with E-state index < -0.39 is 5.60 Å². The SMILES string of the molecule is C=CC(=O)N1CCN(c2nc(C(=O)N[C@H](C)CN(C)C)nc3c2CCC2(CCCc4cccc(C)c42)O3)CC1. The van der Waals surface area contributed by atoms with E-state index in [0.717, 1.165) is 43.5 Å². The number of likely N-dealkylation sites (N-methyl/N-ethyl adjacent to an activating group) is 1. The maximum atomic E-state index is 13.4. The molecular formula is C30H40N6O3. The highest BCUT2D eigenvalue weighted by atomic mass is 16.5. The molecule has 1 aromatic heterocycles. The minimum atomic E-state index is -0.446. The minimum absolute atomic E-state index is 0.0640. The molecule has 2 aliphatic heterocycles. The Kier molecular flexibility index (Phi) is 7.62. The fourth-order valence-electron chi connectivity index (χ4n) is 6.46. The number of carbonyl (C=O) groups excluding carboxylic acids is 2. The Morgan fingerprint density at radius 2 is 1.95 bits per heavy atom. The molecule has 2 amide bonds. The van der Waals surface area contributed by atoms with E-state index in [1.54, 1.807) is 4.90 Å². The summed E-state index contributed by atoms with van der Waals surface area (Å²) in [5, 5.41) is 3.05. The number of hydrogen-bond donors (Lipinski definition) is 1. The van der Waals surface area contributed by atoms with E-state index in [0.29, 0.717) is 38.6 Å². The first-order valence-corrected chi connectivity index (χ1v) is 14.0. The Hall–Kier alpha value is -3.46. The molecule has 9 heteroatoms. The third-order valence-corrected chi connectivity index (χ3v) is 8.14. The second-order valence-corrected chi connectivity index (χ2v) is 11.4. The molecule has 0 saturated carbocycles. The van der Waals surface area contributed by atoms with Crippen molar-refractivity contribution in [1.29, 1.82) is 0 Å². The number of piperazine rings is 1. The zero-order valence-corrected chi connectivity index (χ0v) is 23.6. The van der Waals surface area contributed by atoms with Gasteiger partial charge in [-0.1, -0.05) is 24.8 Å². The highest BCUT2D eigenvalue weighted by molar-refractivity contribution is 5.91. The van der Waals surface area contributed by atoms with E-state index in [1.165, 1.54) is 22.8 Å². The summed E-state index contributed by atoms with van der Waals surface area (Å²) in [6, 6.07) is 6.43. The number of ether oxygens (including phenoxy) is 1. The Morgan fingerprint density at radius 1 is 1.18 bits per heavy atom. The van der Waals surface area contributed by atoms with Crippen LogP contribution in [0.3, 0.4) is 0 Å². The van der Waals surface area contributed by atoms with Crippen molar-refractivity contribution in [2.75, 3.05) is 51.7 Å². The van der Waals surface area contributed by atoms with Crippen LogP contribution in [-0.2, 0) is 23.2 Å². The smallest absolute Gasteiger partial charge is 0.289 e. The molecule has 1 N–H and O–H groups in total. The third-order valence-electron chi connectivity index (χ3n) is 8.14. The van der Waals surface area contributed by atoms with Crippen LogP contribution in [0.1, 0.15) is 59.1 Å².